The van der Waals surface area contributed by atoms with Gasteiger partial charge in [-0.1, -0.05) is 47.6 Å². The van der Waals surface area contributed by atoms with Crippen LogP contribution in [0.25, 0.3) is 28.0 Å². The lowest BCUT2D eigenvalue weighted by Crippen LogP contribution is -1.92. The third-order valence-electron chi connectivity index (χ3n) is 3.30. The van der Waals surface area contributed by atoms with Crippen LogP contribution in [0.5, 0.6) is 0 Å². The van der Waals surface area contributed by atoms with Gasteiger partial charge in [-0.25, -0.2) is 4.98 Å². The van der Waals surface area contributed by atoms with Crippen molar-refractivity contribution in [2.75, 3.05) is 0 Å². The Morgan fingerprint density at radius 3 is 2.60 bits per heavy atom. The quantitative estimate of drug-likeness (QED) is 0.553. The van der Waals surface area contributed by atoms with Gasteiger partial charge in [-0.15, -0.1) is 0 Å². The van der Waals surface area contributed by atoms with Gasteiger partial charge in [0, 0.05) is 5.56 Å². The van der Waals surface area contributed by atoms with Gasteiger partial charge in [0.05, 0.1) is 17.2 Å². The normalized spacial score (nSPS) is 11.0. The van der Waals surface area contributed by atoms with E-state index in [4.69, 9.17) is 4.52 Å². The first-order valence-corrected chi connectivity index (χ1v) is 6.36. The molecule has 4 aromatic rings. The van der Waals surface area contributed by atoms with Crippen LogP contribution in [0.2, 0.25) is 0 Å². The first-order chi connectivity index (χ1) is 9.93. The van der Waals surface area contributed by atoms with Gasteiger partial charge in [0.25, 0.3) is 0 Å². The van der Waals surface area contributed by atoms with Crippen molar-refractivity contribution in [1.29, 1.82) is 0 Å². The Labute approximate surface area is 115 Å². The monoisotopic (exact) mass is 261 g/mol. The summed E-state index contributed by atoms with van der Waals surface area (Å²) in [7, 11) is 0. The number of para-hydroxylation sites is 2. The number of aromatic nitrogens is 3. The minimum absolute atomic E-state index is 0.744. The van der Waals surface area contributed by atoms with E-state index in [9.17, 15) is 0 Å². The van der Waals surface area contributed by atoms with Gasteiger partial charge in [-0.3, -0.25) is 4.57 Å². The molecule has 0 bridgehead atoms. The molecule has 0 aliphatic heterocycles. The Kier molecular flexibility index (Phi) is 2.39. The van der Waals surface area contributed by atoms with E-state index in [2.05, 4.69) is 10.1 Å². The van der Waals surface area contributed by atoms with Crippen LogP contribution in [0.4, 0.5) is 0 Å². The number of hydrogen-bond donors (Lipinski definition) is 0. The zero-order valence-corrected chi connectivity index (χ0v) is 10.6. The molecule has 4 rings (SSSR count). The molecule has 20 heavy (non-hydrogen) atoms. The molecule has 0 saturated heterocycles. The Hall–Kier alpha value is -2.88. The molecule has 0 aliphatic carbocycles. The molecule has 0 amide bonds. The van der Waals surface area contributed by atoms with Crippen molar-refractivity contribution < 1.29 is 4.52 Å². The van der Waals surface area contributed by atoms with E-state index in [1.165, 1.54) is 0 Å². The fourth-order valence-electron chi connectivity index (χ4n) is 2.35. The Morgan fingerprint density at radius 2 is 1.70 bits per heavy atom. The van der Waals surface area contributed by atoms with Crippen LogP contribution in [0.3, 0.4) is 0 Å². The maximum atomic E-state index is 5.42. The molecule has 0 fully saturated rings. The fourth-order valence-corrected chi connectivity index (χ4v) is 2.35. The van der Waals surface area contributed by atoms with Crippen molar-refractivity contribution in [1.82, 2.24) is 14.7 Å². The fraction of sp³-hybridized carbons (Fsp3) is 0. The molecule has 0 saturated carbocycles. The first kappa shape index (κ1) is 11.0. The second kappa shape index (κ2) is 4.35. The molecule has 2 aromatic carbocycles. The molecule has 0 spiro atoms. The highest BCUT2D eigenvalue weighted by Crippen LogP contribution is 2.28. The summed E-state index contributed by atoms with van der Waals surface area (Å²) in [5.41, 5.74) is 3.88. The molecule has 4 nitrogen and oxygen atoms in total. The summed E-state index contributed by atoms with van der Waals surface area (Å²) in [5, 5.41) is 3.94. The van der Waals surface area contributed by atoms with E-state index in [-0.39, 0.29) is 0 Å². The van der Waals surface area contributed by atoms with Gasteiger partial charge in [-0.2, -0.15) is 0 Å². The Balaban J connectivity index is 1.94. The van der Waals surface area contributed by atoms with Gasteiger partial charge in [0.15, 0.2) is 5.76 Å². The van der Waals surface area contributed by atoms with Crippen molar-refractivity contribution in [3.8, 4) is 17.0 Å². The minimum atomic E-state index is 0.744. The zero-order valence-electron chi connectivity index (χ0n) is 10.6. The van der Waals surface area contributed by atoms with E-state index >= 15 is 0 Å². The highest BCUT2D eigenvalue weighted by molar-refractivity contribution is 5.79. The van der Waals surface area contributed by atoms with E-state index in [1.54, 1.807) is 12.5 Å². The molecule has 4 heteroatoms. The third-order valence-corrected chi connectivity index (χ3v) is 3.30. The SMILES string of the molecule is c1ccc(-c2oncc2-n2cnc3ccccc32)cc1. The van der Waals surface area contributed by atoms with Gasteiger partial charge in [-0.05, 0) is 12.1 Å². The summed E-state index contributed by atoms with van der Waals surface area (Å²) in [6.07, 6.45) is 3.51. The third kappa shape index (κ3) is 1.62. The van der Waals surface area contributed by atoms with Crippen LogP contribution in [-0.4, -0.2) is 14.7 Å². The summed E-state index contributed by atoms with van der Waals surface area (Å²) in [6, 6.07) is 17.9. The number of fused-ring (bicyclic) bond motifs is 1. The maximum Gasteiger partial charge on any atom is 0.190 e. The largest absolute Gasteiger partial charge is 0.354 e. The Morgan fingerprint density at radius 1 is 0.900 bits per heavy atom. The van der Waals surface area contributed by atoms with Crippen molar-refractivity contribution >= 4 is 11.0 Å². The molecular formula is C16H11N3O. The molecule has 0 unspecified atom stereocenters. The maximum absolute atomic E-state index is 5.42. The standard InChI is InChI=1S/C16H11N3O/c1-2-6-12(7-3-1)16-15(10-18-20-16)19-11-17-13-8-4-5-9-14(13)19/h1-11H. The topological polar surface area (TPSA) is 43.9 Å². The lowest BCUT2D eigenvalue weighted by molar-refractivity contribution is 0.432. The predicted molar refractivity (Wildman–Crippen MR) is 76.6 cm³/mol. The molecule has 0 aliphatic rings. The average molecular weight is 261 g/mol. The van der Waals surface area contributed by atoms with Crippen LogP contribution in [0, 0.1) is 0 Å². The van der Waals surface area contributed by atoms with E-state index in [0.29, 0.717) is 0 Å². The number of imidazole rings is 1. The molecule has 0 radical (unpaired) electrons. The van der Waals surface area contributed by atoms with E-state index in [0.717, 1.165) is 28.0 Å². The number of benzene rings is 2. The average Bonchev–Trinajstić information content (AvgIpc) is 3.14. The molecular weight excluding hydrogens is 250 g/mol. The van der Waals surface area contributed by atoms with Crippen molar-refractivity contribution in [3.05, 3.63) is 67.1 Å². The van der Waals surface area contributed by atoms with Crippen molar-refractivity contribution in [2.24, 2.45) is 0 Å². The molecule has 0 N–H and O–H groups in total. The van der Waals surface area contributed by atoms with Gasteiger partial charge >= 0.3 is 0 Å². The number of rotatable bonds is 2. The molecule has 2 aromatic heterocycles. The van der Waals surface area contributed by atoms with Crippen LogP contribution >= 0.6 is 0 Å². The second-order valence-corrected chi connectivity index (χ2v) is 4.51. The van der Waals surface area contributed by atoms with Crippen molar-refractivity contribution in [2.45, 2.75) is 0 Å². The van der Waals surface area contributed by atoms with Gasteiger partial charge in [0.1, 0.15) is 12.0 Å². The number of hydrogen-bond acceptors (Lipinski definition) is 3. The van der Waals surface area contributed by atoms with Gasteiger partial charge in [0.2, 0.25) is 0 Å². The summed E-state index contributed by atoms with van der Waals surface area (Å²) < 4.78 is 7.42. The lowest BCUT2D eigenvalue weighted by Gasteiger charge is -2.03. The van der Waals surface area contributed by atoms with Gasteiger partial charge < -0.3 is 4.52 Å². The lowest BCUT2D eigenvalue weighted by atomic mass is 10.1. The first-order valence-electron chi connectivity index (χ1n) is 6.36. The summed E-state index contributed by atoms with van der Waals surface area (Å²) in [6.45, 7) is 0. The summed E-state index contributed by atoms with van der Waals surface area (Å²) >= 11 is 0. The zero-order chi connectivity index (χ0) is 13.4. The van der Waals surface area contributed by atoms with Crippen LogP contribution in [-0.2, 0) is 0 Å². The van der Waals surface area contributed by atoms with Crippen LogP contribution in [0.1, 0.15) is 0 Å². The molecule has 96 valence electrons. The minimum Gasteiger partial charge on any atom is -0.354 e. The van der Waals surface area contributed by atoms with Crippen LogP contribution < -0.4 is 0 Å². The second-order valence-electron chi connectivity index (χ2n) is 4.51. The van der Waals surface area contributed by atoms with Crippen LogP contribution in [0.15, 0.2) is 71.6 Å². The van der Waals surface area contributed by atoms with E-state index < -0.39 is 0 Å². The molecule has 0 atom stereocenters. The smallest absolute Gasteiger partial charge is 0.190 e. The summed E-state index contributed by atoms with van der Waals surface area (Å²) in [4.78, 5) is 4.40. The van der Waals surface area contributed by atoms with Crippen molar-refractivity contribution in [3.63, 3.8) is 0 Å². The predicted octanol–water partition coefficient (Wildman–Crippen LogP) is 3.68. The highest BCUT2D eigenvalue weighted by Gasteiger charge is 2.14. The number of nitrogens with zero attached hydrogens (tertiary/aromatic N) is 3. The summed E-state index contributed by atoms with van der Waals surface area (Å²) in [5.74, 6) is 0.744. The Bertz CT molecular complexity index is 861. The highest BCUT2D eigenvalue weighted by atomic mass is 16.5. The molecule has 2 heterocycles. The van der Waals surface area contributed by atoms with E-state index in [1.807, 2.05) is 59.2 Å².